The Kier molecular flexibility index (Phi) is 4.30. The van der Waals surface area contributed by atoms with Crippen molar-refractivity contribution in [3.8, 4) is 11.5 Å². The standard InChI is InChI=1S/C17H17ClN2O3/c1-20(2)14-5-4-12(18)10-13(14)19-17(21)11-3-6-15-16(9-11)23-8-7-22-15/h3-6,9-10H,7-8H2,1-2H3,(H,19,21). The van der Waals surface area contributed by atoms with Gasteiger partial charge in [-0.1, -0.05) is 11.6 Å². The molecule has 1 N–H and O–H groups in total. The average molecular weight is 333 g/mol. The fourth-order valence-corrected chi connectivity index (χ4v) is 2.55. The number of nitrogens with zero attached hydrogens (tertiary/aromatic N) is 1. The molecule has 0 atom stereocenters. The summed E-state index contributed by atoms with van der Waals surface area (Å²) in [5, 5.41) is 3.46. The third-order valence-corrected chi connectivity index (χ3v) is 3.73. The van der Waals surface area contributed by atoms with E-state index in [2.05, 4.69) is 5.32 Å². The number of carbonyl (C=O) groups is 1. The lowest BCUT2D eigenvalue weighted by molar-refractivity contribution is 0.102. The molecule has 120 valence electrons. The monoisotopic (exact) mass is 332 g/mol. The number of hydrogen-bond donors (Lipinski definition) is 1. The highest BCUT2D eigenvalue weighted by atomic mass is 35.5. The molecule has 2 aromatic rings. The molecule has 0 saturated carbocycles. The summed E-state index contributed by atoms with van der Waals surface area (Å²) < 4.78 is 11.0. The van der Waals surface area contributed by atoms with Crippen LogP contribution in [-0.4, -0.2) is 33.2 Å². The predicted molar refractivity (Wildman–Crippen MR) is 91.2 cm³/mol. The molecular weight excluding hydrogens is 316 g/mol. The maximum absolute atomic E-state index is 12.5. The van der Waals surface area contributed by atoms with Crippen LogP contribution in [0.5, 0.6) is 11.5 Å². The fourth-order valence-electron chi connectivity index (χ4n) is 2.38. The van der Waals surface area contributed by atoms with Crippen molar-refractivity contribution >= 4 is 28.9 Å². The molecular formula is C17H17ClN2O3. The molecule has 0 saturated heterocycles. The van der Waals surface area contributed by atoms with Crippen LogP contribution in [0.4, 0.5) is 11.4 Å². The summed E-state index contributed by atoms with van der Waals surface area (Å²) in [5.41, 5.74) is 2.03. The van der Waals surface area contributed by atoms with Crippen molar-refractivity contribution in [2.24, 2.45) is 0 Å². The van der Waals surface area contributed by atoms with Crippen LogP contribution in [0, 0.1) is 0 Å². The molecule has 0 aromatic heterocycles. The van der Waals surface area contributed by atoms with Gasteiger partial charge >= 0.3 is 0 Å². The molecule has 0 bridgehead atoms. The van der Waals surface area contributed by atoms with Gasteiger partial charge in [0.15, 0.2) is 11.5 Å². The van der Waals surface area contributed by atoms with Crippen LogP contribution in [0.1, 0.15) is 10.4 Å². The zero-order valence-corrected chi connectivity index (χ0v) is 13.7. The number of halogens is 1. The molecule has 0 unspecified atom stereocenters. The third kappa shape index (κ3) is 3.35. The Labute approximate surface area is 139 Å². The van der Waals surface area contributed by atoms with Gasteiger partial charge in [-0.05, 0) is 36.4 Å². The molecule has 0 spiro atoms. The van der Waals surface area contributed by atoms with E-state index in [1.165, 1.54) is 0 Å². The zero-order valence-electron chi connectivity index (χ0n) is 12.9. The Balaban J connectivity index is 1.86. The van der Waals surface area contributed by atoms with Crippen LogP contribution in [0.25, 0.3) is 0 Å². The fraction of sp³-hybridized carbons (Fsp3) is 0.235. The largest absolute Gasteiger partial charge is 0.486 e. The Bertz CT molecular complexity index is 747. The summed E-state index contributed by atoms with van der Waals surface area (Å²) >= 11 is 6.04. The molecule has 2 aromatic carbocycles. The van der Waals surface area contributed by atoms with Gasteiger partial charge < -0.3 is 19.7 Å². The summed E-state index contributed by atoms with van der Waals surface area (Å²) in [5.74, 6) is 1.01. The van der Waals surface area contributed by atoms with E-state index in [9.17, 15) is 4.79 Å². The van der Waals surface area contributed by atoms with Gasteiger partial charge in [-0.3, -0.25) is 4.79 Å². The Morgan fingerprint density at radius 2 is 1.83 bits per heavy atom. The van der Waals surface area contributed by atoms with Crippen molar-refractivity contribution in [3.63, 3.8) is 0 Å². The minimum atomic E-state index is -0.229. The van der Waals surface area contributed by atoms with Gasteiger partial charge in [0.25, 0.3) is 5.91 Å². The highest BCUT2D eigenvalue weighted by Crippen LogP contribution is 2.32. The smallest absolute Gasteiger partial charge is 0.255 e. The summed E-state index contributed by atoms with van der Waals surface area (Å²) in [6.45, 7) is 1.00. The maximum atomic E-state index is 12.5. The average Bonchev–Trinajstić information content (AvgIpc) is 2.54. The van der Waals surface area contributed by atoms with Crippen molar-refractivity contribution in [1.29, 1.82) is 0 Å². The van der Waals surface area contributed by atoms with E-state index < -0.39 is 0 Å². The van der Waals surface area contributed by atoms with E-state index in [0.717, 1.165) is 5.69 Å². The highest BCUT2D eigenvalue weighted by Gasteiger charge is 2.16. The van der Waals surface area contributed by atoms with Gasteiger partial charge in [-0.2, -0.15) is 0 Å². The van der Waals surface area contributed by atoms with Crippen LogP contribution < -0.4 is 19.7 Å². The molecule has 6 heteroatoms. The maximum Gasteiger partial charge on any atom is 0.255 e. The van der Waals surface area contributed by atoms with E-state index in [1.807, 2.05) is 25.1 Å². The second kappa shape index (κ2) is 6.38. The molecule has 0 fully saturated rings. The first kappa shape index (κ1) is 15.5. The number of anilines is 2. The number of nitrogens with one attached hydrogen (secondary N) is 1. The molecule has 1 amide bonds. The number of ether oxygens (including phenoxy) is 2. The van der Waals surface area contributed by atoms with E-state index in [4.69, 9.17) is 21.1 Å². The van der Waals surface area contributed by atoms with Gasteiger partial charge in [0.1, 0.15) is 13.2 Å². The number of fused-ring (bicyclic) bond motifs is 1. The van der Waals surface area contributed by atoms with E-state index in [-0.39, 0.29) is 5.91 Å². The molecule has 0 aliphatic carbocycles. The molecule has 1 aliphatic rings. The number of benzene rings is 2. The van der Waals surface area contributed by atoms with Gasteiger partial charge in [0.05, 0.1) is 11.4 Å². The Morgan fingerprint density at radius 3 is 2.57 bits per heavy atom. The van der Waals surface area contributed by atoms with Crippen LogP contribution in [-0.2, 0) is 0 Å². The van der Waals surface area contributed by atoms with Crippen LogP contribution in [0.2, 0.25) is 5.02 Å². The number of amides is 1. The van der Waals surface area contributed by atoms with Crippen LogP contribution in [0.15, 0.2) is 36.4 Å². The first-order valence-corrected chi connectivity index (χ1v) is 7.60. The quantitative estimate of drug-likeness (QED) is 0.935. The molecule has 23 heavy (non-hydrogen) atoms. The lowest BCUT2D eigenvalue weighted by Gasteiger charge is -2.20. The summed E-state index contributed by atoms with van der Waals surface area (Å²) in [6, 6.07) is 10.5. The van der Waals surface area contributed by atoms with Crippen LogP contribution in [0.3, 0.4) is 0 Å². The summed E-state index contributed by atoms with van der Waals surface area (Å²) in [4.78, 5) is 14.4. The molecule has 0 radical (unpaired) electrons. The Hall–Kier alpha value is -2.40. The lowest BCUT2D eigenvalue weighted by Crippen LogP contribution is -2.18. The number of carbonyl (C=O) groups excluding carboxylic acids is 1. The first-order chi connectivity index (χ1) is 11.0. The van der Waals surface area contributed by atoms with Crippen LogP contribution >= 0.6 is 11.6 Å². The van der Waals surface area contributed by atoms with E-state index in [0.29, 0.717) is 41.0 Å². The molecule has 5 nitrogen and oxygen atoms in total. The van der Waals surface area contributed by atoms with Crippen molar-refractivity contribution < 1.29 is 14.3 Å². The lowest BCUT2D eigenvalue weighted by atomic mass is 10.1. The highest BCUT2D eigenvalue weighted by molar-refractivity contribution is 6.31. The van der Waals surface area contributed by atoms with Gasteiger partial charge in [-0.25, -0.2) is 0 Å². The first-order valence-electron chi connectivity index (χ1n) is 7.22. The van der Waals surface area contributed by atoms with E-state index >= 15 is 0 Å². The number of hydrogen-bond acceptors (Lipinski definition) is 4. The SMILES string of the molecule is CN(C)c1ccc(Cl)cc1NC(=O)c1ccc2c(c1)OCCO2. The van der Waals surface area contributed by atoms with Gasteiger partial charge in [0.2, 0.25) is 0 Å². The number of rotatable bonds is 3. The predicted octanol–water partition coefficient (Wildman–Crippen LogP) is 3.43. The molecule has 1 heterocycles. The van der Waals surface area contributed by atoms with Crippen molar-refractivity contribution in [2.75, 3.05) is 37.5 Å². The van der Waals surface area contributed by atoms with Gasteiger partial charge in [0, 0.05) is 24.7 Å². The Morgan fingerprint density at radius 1 is 1.09 bits per heavy atom. The minimum absolute atomic E-state index is 0.229. The minimum Gasteiger partial charge on any atom is -0.486 e. The summed E-state index contributed by atoms with van der Waals surface area (Å²) in [7, 11) is 3.81. The topological polar surface area (TPSA) is 50.8 Å². The third-order valence-electron chi connectivity index (χ3n) is 3.49. The van der Waals surface area contributed by atoms with E-state index in [1.54, 1.807) is 30.3 Å². The second-order valence-electron chi connectivity index (χ2n) is 5.37. The van der Waals surface area contributed by atoms with Crippen molar-refractivity contribution in [3.05, 3.63) is 47.0 Å². The van der Waals surface area contributed by atoms with Crippen molar-refractivity contribution in [1.82, 2.24) is 0 Å². The van der Waals surface area contributed by atoms with Crippen molar-refractivity contribution in [2.45, 2.75) is 0 Å². The molecule has 3 rings (SSSR count). The zero-order chi connectivity index (χ0) is 16.4. The second-order valence-corrected chi connectivity index (χ2v) is 5.80. The normalized spacial score (nSPS) is 12.7. The molecule has 1 aliphatic heterocycles. The summed E-state index contributed by atoms with van der Waals surface area (Å²) in [6.07, 6.45) is 0. The van der Waals surface area contributed by atoms with Gasteiger partial charge in [-0.15, -0.1) is 0 Å².